The van der Waals surface area contributed by atoms with Gasteiger partial charge in [-0.3, -0.25) is 0 Å². The highest BCUT2D eigenvalue weighted by molar-refractivity contribution is 8.06. The van der Waals surface area contributed by atoms with Crippen molar-refractivity contribution in [3.63, 3.8) is 0 Å². The van der Waals surface area contributed by atoms with Crippen LogP contribution in [0.4, 0.5) is 5.69 Å². The summed E-state index contributed by atoms with van der Waals surface area (Å²) in [5, 5.41) is 2.29. The molecule has 1 aromatic carbocycles. The molecule has 15 heavy (non-hydrogen) atoms. The summed E-state index contributed by atoms with van der Waals surface area (Å²) in [4.78, 5) is 1.43. The molecule has 0 N–H and O–H groups in total. The van der Waals surface area contributed by atoms with Crippen molar-refractivity contribution in [3.8, 4) is 0 Å². The molecule has 0 saturated carbocycles. The number of fused-ring (bicyclic) bond motifs is 2. The second-order valence-electron chi connectivity index (χ2n) is 3.66. The Labute approximate surface area is 98.3 Å². The van der Waals surface area contributed by atoms with Crippen molar-refractivity contribution in [1.82, 2.24) is 0 Å². The van der Waals surface area contributed by atoms with E-state index in [2.05, 4.69) is 40.5 Å². The molecule has 0 fully saturated rings. The van der Waals surface area contributed by atoms with Crippen LogP contribution in [0, 0.1) is 0 Å². The van der Waals surface area contributed by atoms with Gasteiger partial charge in [-0.2, -0.15) is 4.58 Å². The van der Waals surface area contributed by atoms with Gasteiger partial charge in [-0.05, 0) is 11.7 Å². The molecule has 0 spiro atoms. The van der Waals surface area contributed by atoms with E-state index in [0.29, 0.717) is 0 Å². The third-order valence-electron chi connectivity index (χ3n) is 2.86. The summed E-state index contributed by atoms with van der Waals surface area (Å²) in [6.07, 6.45) is 3.26. The summed E-state index contributed by atoms with van der Waals surface area (Å²) in [7, 11) is 0. The van der Waals surface area contributed by atoms with Crippen molar-refractivity contribution >= 4 is 34.9 Å². The van der Waals surface area contributed by atoms with Gasteiger partial charge in [0.15, 0.2) is 5.88 Å². The van der Waals surface area contributed by atoms with Crippen molar-refractivity contribution < 1.29 is 4.58 Å². The molecule has 0 radical (unpaired) electrons. The molecule has 0 atom stereocenters. The molecule has 2 aliphatic rings. The summed E-state index contributed by atoms with van der Waals surface area (Å²) in [6.45, 7) is 0. The van der Waals surface area contributed by atoms with Gasteiger partial charge in [-0.25, -0.2) is 0 Å². The fraction of sp³-hybridized carbons (Fsp3) is 0.250. The number of para-hydroxylation sites is 1. The van der Waals surface area contributed by atoms with Gasteiger partial charge in [-0.15, -0.1) is 11.8 Å². The van der Waals surface area contributed by atoms with E-state index < -0.39 is 0 Å². The summed E-state index contributed by atoms with van der Waals surface area (Å²) < 4.78 is 2.45. The minimum atomic E-state index is 1.07. The fourth-order valence-electron chi connectivity index (χ4n) is 2.13. The van der Waals surface area contributed by atoms with Crippen LogP contribution in [0.15, 0.2) is 34.6 Å². The Morgan fingerprint density at radius 2 is 2.20 bits per heavy atom. The van der Waals surface area contributed by atoms with Crippen LogP contribution in [-0.2, 0) is 6.42 Å². The highest BCUT2D eigenvalue weighted by Crippen LogP contribution is 2.35. The van der Waals surface area contributed by atoms with Crippen molar-refractivity contribution in [1.29, 1.82) is 0 Å². The first-order chi connectivity index (χ1) is 7.40. The molecule has 0 amide bonds. The van der Waals surface area contributed by atoms with Crippen molar-refractivity contribution in [2.45, 2.75) is 6.42 Å². The molecule has 76 valence electrons. The number of allylic oxidation sites excluding steroid dienone is 1. The zero-order valence-electron chi connectivity index (χ0n) is 8.56. The SMILES string of the molecule is CSC1=CSC[N+]2=C1Cc1ccccc12. The standard InChI is InChI=1S/C12H12NS2/c1-14-12-7-15-8-13-10-5-3-2-4-9(10)6-11(12)13/h2-5,7H,6,8H2,1H3/q+1. The fourth-order valence-corrected chi connectivity index (χ4v) is 3.95. The van der Waals surface area contributed by atoms with Crippen LogP contribution in [0.5, 0.6) is 0 Å². The lowest BCUT2D eigenvalue weighted by Crippen LogP contribution is -2.16. The van der Waals surface area contributed by atoms with Crippen LogP contribution in [0.2, 0.25) is 0 Å². The maximum absolute atomic E-state index is 2.45. The molecule has 1 aromatic rings. The van der Waals surface area contributed by atoms with Gasteiger partial charge in [0, 0.05) is 11.6 Å². The van der Waals surface area contributed by atoms with Crippen LogP contribution < -0.4 is 0 Å². The number of hydrogen-bond donors (Lipinski definition) is 0. The largest absolute Gasteiger partial charge is 0.209 e. The molecule has 1 nitrogen and oxygen atoms in total. The Bertz CT molecular complexity index is 474. The number of rotatable bonds is 1. The van der Waals surface area contributed by atoms with E-state index in [9.17, 15) is 0 Å². The van der Waals surface area contributed by atoms with Crippen LogP contribution in [0.1, 0.15) is 5.56 Å². The smallest absolute Gasteiger partial charge is 0.184 e. The van der Waals surface area contributed by atoms with E-state index in [0.717, 1.165) is 12.3 Å². The Morgan fingerprint density at radius 3 is 3.07 bits per heavy atom. The highest BCUT2D eigenvalue weighted by atomic mass is 32.2. The molecular formula is C12H12NS2+. The quantitative estimate of drug-likeness (QED) is 0.686. The predicted molar refractivity (Wildman–Crippen MR) is 69.1 cm³/mol. The van der Waals surface area contributed by atoms with E-state index in [4.69, 9.17) is 0 Å². The van der Waals surface area contributed by atoms with E-state index in [1.54, 1.807) is 0 Å². The number of nitrogens with zero attached hydrogens (tertiary/aromatic N) is 1. The normalized spacial score (nSPS) is 18.6. The first-order valence-electron chi connectivity index (χ1n) is 4.97. The van der Waals surface area contributed by atoms with Gasteiger partial charge in [-0.1, -0.05) is 30.0 Å². The van der Waals surface area contributed by atoms with Gasteiger partial charge < -0.3 is 0 Å². The molecule has 0 unspecified atom stereocenters. The Balaban J connectivity index is 2.11. The third kappa shape index (κ3) is 1.45. The van der Waals surface area contributed by atoms with Crippen molar-refractivity contribution in [2.24, 2.45) is 0 Å². The molecular weight excluding hydrogens is 222 g/mol. The summed E-state index contributed by atoms with van der Waals surface area (Å²) >= 11 is 3.74. The molecule has 0 saturated heterocycles. The lowest BCUT2D eigenvalue weighted by atomic mass is 10.1. The Kier molecular flexibility index (Phi) is 2.37. The average molecular weight is 234 g/mol. The van der Waals surface area contributed by atoms with Gasteiger partial charge in [0.05, 0.1) is 11.3 Å². The molecule has 3 heteroatoms. The number of benzene rings is 1. The van der Waals surface area contributed by atoms with E-state index >= 15 is 0 Å². The lowest BCUT2D eigenvalue weighted by Gasteiger charge is -2.08. The van der Waals surface area contributed by atoms with E-state index in [-0.39, 0.29) is 0 Å². The zero-order chi connectivity index (χ0) is 10.3. The first kappa shape index (κ1) is 9.55. The molecule has 0 bridgehead atoms. The average Bonchev–Trinajstić information content (AvgIpc) is 2.67. The van der Waals surface area contributed by atoms with Crippen molar-refractivity contribution in [3.05, 3.63) is 40.1 Å². The summed E-state index contributed by atoms with van der Waals surface area (Å²) in [6, 6.07) is 8.73. The second kappa shape index (κ2) is 3.72. The number of thioether (sulfide) groups is 2. The van der Waals surface area contributed by atoms with Gasteiger partial charge in [0.25, 0.3) is 0 Å². The van der Waals surface area contributed by atoms with Crippen LogP contribution in [0.25, 0.3) is 0 Å². The van der Waals surface area contributed by atoms with Gasteiger partial charge >= 0.3 is 0 Å². The van der Waals surface area contributed by atoms with Crippen molar-refractivity contribution in [2.75, 3.05) is 12.1 Å². The third-order valence-corrected chi connectivity index (χ3v) is 4.62. The topological polar surface area (TPSA) is 3.01 Å². The first-order valence-corrected chi connectivity index (χ1v) is 7.25. The zero-order valence-corrected chi connectivity index (χ0v) is 10.2. The van der Waals surface area contributed by atoms with Crippen LogP contribution >= 0.6 is 23.5 Å². The summed E-state index contributed by atoms with van der Waals surface area (Å²) in [5.41, 5.74) is 4.36. The van der Waals surface area contributed by atoms with Gasteiger partial charge in [0.1, 0.15) is 0 Å². The second-order valence-corrected chi connectivity index (χ2v) is 5.34. The van der Waals surface area contributed by atoms with E-state index in [1.165, 1.54) is 21.9 Å². The summed E-state index contributed by atoms with van der Waals surface area (Å²) in [5.74, 6) is 1.07. The van der Waals surface area contributed by atoms with Crippen LogP contribution in [0.3, 0.4) is 0 Å². The minimum absolute atomic E-state index is 1.07. The molecule has 2 heterocycles. The molecule has 0 aliphatic carbocycles. The maximum atomic E-state index is 2.45. The molecule has 3 rings (SSSR count). The molecule has 0 aromatic heterocycles. The predicted octanol–water partition coefficient (Wildman–Crippen LogP) is 3.24. The lowest BCUT2D eigenvalue weighted by molar-refractivity contribution is -0.412. The monoisotopic (exact) mass is 234 g/mol. The van der Waals surface area contributed by atoms with Crippen LogP contribution in [-0.4, -0.2) is 22.4 Å². The van der Waals surface area contributed by atoms with Gasteiger partial charge in [0.2, 0.25) is 11.4 Å². The van der Waals surface area contributed by atoms with E-state index in [1.807, 2.05) is 23.5 Å². The Morgan fingerprint density at radius 1 is 1.33 bits per heavy atom. The Hall–Kier alpha value is -0.670. The highest BCUT2D eigenvalue weighted by Gasteiger charge is 2.33. The minimum Gasteiger partial charge on any atom is -0.184 e. The number of hydrogen-bond acceptors (Lipinski definition) is 2. The molecule has 2 aliphatic heterocycles. The maximum Gasteiger partial charge on any atom is 0.209 e.